The van der Waals surface area contributed by atoms with E-state index < -0.39 is 5.60 Å². The molecule has 0 bridgehead atoms. The first kappa shape index (κ1) is 29.2. The number of carbonyl (C=O) groups is 1. The number of pyridine rings is 1. The molecule has 10 heteroatoms. The lowest BCUT2D eigenvalue weighted by atomic mass is 9.76. The number of rotatable bonds is 8. The van der Waals surface area contributed by atoms with E-state index in [0.717, 1.165) is 40.3 Å². The SMILES string of the molecule is COCn1ccsc1=Nc1cccnc1CC1C[C@@H](Sc2cccc(Cl)c2Cl)CC[C@@H]1C(=O)OC(C)(C)C. The van der Waals surface area contributed by atoms with E-state index in [1.165, 1.54) is 0 Å². The molecule has 0 N–H and O–H groups in total. The van der Waals surface area contributed by atoms with Gasteiger partial charge in [-0.15, -0.1) is 23.1 Å². The number of aromatic nitrogens is 2. The molecule has 6 nitrogen and oxygen atoms in total. The van der Waals surface area contributed by atoms with Crippen molar-refractivity contribution in [2.45, 2.75) is 68.9 Å². The number of benzene rings is 1. The summed E-state index contributed by atoms with van der Waals surface area (Å²) in [4.78, 5) is 24.7. The van der Waals surface area contributed by atoms with Crippen molar-refractivity contribution >= 4 is 58.0 Å². The third kappa shape index (κ3) is 7.63. The van der Waals surface area contributed by atoms with Crippen molar-refractivity contribution in [2.24, 2.45) is 16.8 Å². The van der Waals surface area contributed by atoms with Gasteiger partial charge >= 0.3 is 5.97 Å². The summed E-state index contributed by atoms with van der Waals surface area (Å²) in [5.74, 6) is -0.305. The maximum Gasteiger partial charge on any atom is 0.309 e. The van der Waals surface area contributed by atoms with Crippen molar-refractivity contribution in [2.75, 3.05) is 7.11 Å². The summed E-state index contributed by atoms with van der Waals surface area (Å²) in [7, 11) is 1.66. The van der Waals surface area contributed by atoms with Crippen LogP contribution in [0.3, 0.4) is 0 Å². The van der Waals surface area contributed by atoms with Crippen molar-refractivity contribution < 1.29 is 14.3 Å². The van der Waals surface area contributed by atoms with Gasteiger partial charge in [-0.25, -0.2) is 4.99 Å². The molecule has 3 aromatic rings. The number of halogens is 2. The van der Waals surface area contributed by atoms with E-state index >= 15 is 0 Å². The third-order valence-corrected chi connectivity index (χ3v) is 9.40. The zero-order valence-electron chi connectivity index (χ0n) is 22.0. The zero-order chi connectivity index (χ0) is 27.3. The molecule has 0 radical (unpaired) electrons. The Morgan fingerprint density at radius 3 is 2.82 bits per heavy atom. The van der Waals surface area contributed by atoms with Crippen LogP contribution in [0, 0.1) is 11.8 Å². The Bertz CT molecular complexity index is 1320. The predicted octanol–water partition coefficient (Wildman–Crippen LogP) is 7.55. The Hall–Kier alpha value is -1.84. The van der Waals surface area contributed by atoms with E-state index in [1.807, 2.05) is 61.2 Å². The Kier molecular flexibility index (Phi) is 9.98. The Morgan fingerprint density at radius 2 is 2.05 bits per heavy atom. The van der Waals surface area contributed by atoms with Gasteiger partial charge in [0.05, 0.1) is 27.3 Å². The summed E-state index contributed by atoms with van der Waals surface area (Å²) in [6.07, 6.45) is 6.82. The van der Waals surface area contributed by atoms with E-state index in [1.54, 1.807) is 42.5 Å². The standard InChI is InChI=1S/C28H33Cl2N3O3S2/c1-28(2,3)36-26(34)20-11-10-19(38-24-9-5-7-21(29)25(24)30)15-18(20)16-23-22(8-6-12-31-23)32-27-33(17-35-4)13-14-37-27/h5-9,12-14,18-20H,10-11,15-17H2,1-4H3/t18?,19-,20-/m0/s1. The monoisotopic (exact) mass is 593 g/mol. The molecular weight excluding hydrogens is 561 g/mol. The van der Waals surface area contributed by atoms with Gasteiger partial charge in [0, 0.05) is 35.0 Å². The number of hydrogen-bond acceptors (Lipinski definition) is 7. The van der Waals surface area contributed by atoms with Crippen LogP contribution < -0.4 is 4.80 Å². The minimum Gasteiger partial charge on any atom is -0.460 e. The van der Waals surface area contributed by atoms with E-state index in [2.05, 4.69) is 0 Å². The van der Waals surface area contributed by atoms with Crippen LogP contribution in [0.5, 0.6) is 0 Å². The van der Waals surface area contributed by atoms with E-state index in [4.69, 9.17) is 42.7 Å². The lowest BCUT2D eigenvalue weighted by Crippen LogP contribution is -2.37. The molecule has 1 aliphatic carbocycles. The molecule has 1 fully saturated rings. The van der Waals surface area contributed by atoms with Crippen LogP contribution in [0.1, 0.15) is 45.7 Å². The predicted molar refractivity (Wildman–Crippen MR) is 155 cm³/mol. The van der Waals surface area contributed by atoms with Gasteiger partial charge in [0.1, 0.15) is 12.3 Å². The summed E-state index contributed by atoms with van der Waals surface area (Å²) in [6.45, 7) is 6.16. The van der Waals surface area contributed by atoms with Gasteiger partial charge in [0.15, 0.2) is 4.80 Å². The van der Waals surface area contributed by atoms with Crippen molar-refractivity contribution in [1.82, 2.24) is 9.55 Å². The van der Waals surface area contributed by atoms with Crippen molar-refractivity contribution in [3.8, 4) is 0 Å². The van der Waals surface area contributed by atoms with E-state index in [-0.39, 0.29) is 17.8 Å². The van der Waals surface area contributed by atoms with Crippen LogP contribution in [0.4, 0.5) is 5.69 Å². The number of esters is 1. The number of ether oxygens (including phenoxy) is 2. The van der Waals surface area contributed by atoms with Crippen LogP contribution in [-0.2, 0) is 27.4 Å². The van der Waals surface area contributed by atoms with Gasteiger partial charge in [-0.1, -0.05) is 29.3 Å². The minimum absolute atomic E-state index is 0.0485. The fraction of sp³-hybridized carbons (Fsp3) is 0.464. The topological polar surface area (TPSA) is 65.7 Å². The highest BCUT2D eigenvalue weighted by Crippen LogP contribution is 2.44. The molecule has 3 atom stereocenters. The molecule has 0 amide bonds. The summed E-state index contributed by atoms with van der Waals surface area (Å²) in [6, 6.07) is 9.58. The first-order valence-electron chi connectivity index (χ1n) is 12.6. The molecule has 0 aliphatic heterocycles. The van der Waals surface area contributed by atoms with Crippen molar-refractivity contribution in [3.63, 3.8) is 0 Å². The number of thioether (sulfide) groups is 1. The first-order valence-corrected chi connectivity index (χ1v) is 15.1. The second kappa shape index (κ2) is 13.0. The second-order valence-corrected chi connectivity index (χ2v) is 13.4. The van der Waals surface area contributed by atoms with Gasteiger partial charge in [-0.3, -0.25) is 14.3 Å². The Morgan fingerprint density at radius 1 is 1.24 bits per heavy atom. The smallest absolute Gasteiger partial charge is 0.309 e. The van der Waals surface area contributed by atoms with Gasteiger partial charge < -0.3 is 9.47 Å². The van der Waals surface area contributed by atoms with Crippen molar-refractivity contribution in [1.29, 1.82) is 0 Å². The lowest BCUT2D eigenvalue weighted by Gasteiger charge is -2.36. The summed E-state index contributed by atoms with van der Waals surface area (Å²) >= 11 is 16.0. The number of hydrogen-bond donors (Lipinski definition) is 0. The molecule has 38 heavy (non-hydrogen) atoms. The largest absolute Gasteiger partial charge is 0.460 e. The minimum atomic E-state index is -0.540. The first-order chi connectivity index (χ1) is 18.1. The summed E-state index contributed by atoms with van der Waals surface area (Å²) in [5.41, 5.74) is 1.13. The molecule has 1 aliphatic rings. The van der Waals surface area contributed by atoms with Crippen LogP contribution in [0.15, 0.2) is 58.0 Å². The summed E-state index contributed by atoms with van der Waals surface area (Å²) < 4.78 is 13.1. The number of nitrogens with zero attached hydrogens (tertiary/aromatic N) is 3. The molecule has 2 aromatic heterocycles. The van der Waals surface area contributed by atoms with Crippen LogP contribution in [0.25, 0.3) is 0 Å². The molecule has 1 unspecified atom stereocenters. The quantitative estimate of drug-likeness (QED) is 0.252. The molecule has 4 rings (SSSR count). The molecule has 204 valence electrons. The number of methoxy groups -OCH3 is 1. The molecule has 0 spiro atoms. The van der Waals surface area contributed by atoms with E-state index in [0.29, 0.717) is 28.4 Å². The van der Waals surface area contributed by atoms with Crippen LogP contribution >= 0.6 is 46.3 Å². The highest BCUT2D eigenvalue weighted by molar-refractivity contribution is 8.00. The maximum absolute atomic E-state index is 13.3. The Labute approximate surface area is 242 Å². The Balaban J connectivity index is 1.62. The fourth-order valence-electron chi connectivity index (χ4n) is 4.66. The van der Waals surface area contributed by atoms with Crippen LogP contribution in [-0.4, -0.2) is 33.5 Å². The highest BCUT2D eigenvalue weighted by atomic mass is 35.5. The van der Waals surface area contributed by atoms with E-state index in [9.17, 15) is 4.79 Å². The van der Waals surface area contributed by atoms with Gasteiger partial charge in [0.25, 0.3) is 0 Å². The van der Waals surface area contributed by atoms with Gasteiger partial charge in [0.2, 0.25) is 0 Å². The average molecular weight is 595 g/mol. The maximum atomic E-state index is 13.3. The lowest BCUT2D eigenvalue weighted by molar-refractivity contribution is -0.163. The molecule has 1 saturated carbocycles. The van der Waals surface area contributed by atoms with Crippen molar-refractivity contribution in [3.05, 3.63) is 68.6 Å². The molecule has 1 aromatic carbocycles. The normalized spacial score (nSPS) is 20.5. The van der Waals surface area contributed by atoms with Crippen LogP contribution in [0.2, 0.25) is 10.0 Å². The van der Waals surface area contributed by atoms with Gasteiger partial charge in [-0.2, -0.15) is 0 Å². The molecular formula is C28H33Cl2N3O3S2. The van der Waals surface area contributed by atoms with Gasteiger partial charge in [-0.05, 0) is 76.6 Å². The highest BCUT2D eigenvalue weighted by Gasteiger charge is 2.38. The fourth-order valence-corrected chi connectivity index (χ4v) is 7.21. The molecule has 0 saturated heterocycles. The number of carbonyl (C=O) groups excluding carboxylic acids is 1. The third-order valence-electron chi connectivity index (χ3n) is 6.32. The average Bonchev–Trinajstić information content (AvgIpc) is 3.29. The second-order valence-electron chi connectivity index (χ2n) is 10.4. The summed E-state index contributed by atoms with van der Waals surface area (Å²) in [5, 5.41) is 3.40. The zero-order valence-corrected chi connectivity index (χ0v) is 25.2. The molecule has 2 heterocycles. The number of thiazole rings is 1.